The fourth-order valence-electron chi connectivity index (χ4n) is 2.46. The molecule has 1 unspecified atom stereocenters. The van der Waals surface area contributed by atoms with Gasteiger partial charge < -0.3 is 10.2 Å². The molecule has 0 radical (unpaired) electrons. The molecule has 1 aromatic heterocycles. The first-order valence-corrected chi connectivity index (χ1v) is 6.97. The molecule has 1 atom stereocenters. The molecule has 104 valence electrons. The first kappa shape index (κ1) is 13.9. The van der Waals surface area contributed by atoms with Crippen LogP contribution in [0.15, 0.2) is 12.4 Å². The maximum atomic E-state index is 11.9. The molecular formula is C14H22N4O. The molecule has 1 amide bonds. The third kappa shape index (κ3) is 3.73. The number of amides is 1. The minimum Gasteiger partial charge on any atom is -0.343 e. The Hall–Kier alpha value is -1.49. The van der Waals surface area contributed by atoms with Crippen LogP contribution >= 0.6 is 0 Å². The smallest absolute Gasteiger partial charge is 0.223 e. The van der Waals surface area contributed by atoms with Crippen molar-refractivity contribution in [2.24, 2.45) is 0 Å². The molecule has 2 rings (SSSR count). The highest BCUT2D eigenvalue weighted by molar-refractivity contribution is 5.76. The number of aromatic nitrogens is 2. The van der Waals surface area contributed by atoms with Gasteiger partial charge in [0.1, 0.15) is 0 Å². The number of hydrogen-bond donors (Lipinski definition) is 1. The van der Waals surface area contributed by atoms with Crippen molar-refractivity contribution < 1.29 is 4.79 Å². The van der Waals surface area contributed by atoms with Crippen LogP contribution < -0.4 is 5.32 Å². The van der Waals surface area contributed by atoms with Crippen molar-refractivity contribution in [3.63, 3.8) is 0 Å². The van der Waals surface area contributed by atoms with Crippen molar-refractivity contribution >= 4 is 5.91 Å². The third-order valence-electron chi connectivity index (χ3n) is 3.58. The molecule has 0 aromatic carbocycles. The molecule has 1 aromatic rings. The first-order valence-electron chi connectivity index (χ1n) is 6.97. The molecule has 0 aliphatic carbocycles. The Morgan fingerprint density at radius 3 is 2.74 bits per heavy atom. The summed E-state index contributed by atoms with van der Waals surface area (Å²) in [5.74, 6) is 0.257. The van der Waals surface area contributed by atoms with Gasteiger partial charge in [-0.15, -0.1) is 0 Å². The summed E-state index contributed by atoms with van der Waals surface area (Å²) in [5, 5.41) is 3.34. The van der Waals surface area contributed by atoms with Crippen LogP contribution in [0.3, 0.4) is 0 Å². The van der Waals surface area contributed by atoms with E-state index in [1.807, 2.05) is 11.8 Å². The van der Waals surface area contributed by atoms with E-state index in [2.05, 4.69) is 22.2 Å². The predicted molar refractivity (Wildman–Crippen MR) is 73.6 cm³/mol. The number of aryl methyl sites for hydroxylation is 1. The maximum Gasteiger partial charge on any atom is 0.223 e. The van der Waals surface area contributed by atoms with Crippen LogP contribution in [0.25, 0.3) is 0 Å². The Morgan fingerprint density at radius 2 is 2.05 bits per heavy atom. The second kappa shape index (κ2) is 6.61. The Bertz CT molecular complexity index is 429. The molecule has 0 bridgehead atoms. The van der Waals surface area contributed by atoms with E-state index < -0.39 is 0 Å². The summed E-state index contributed by atoms with van der Waals surface area (Å²) in [5.41, 5.74) is 1.89. The van der Waals surface area contributed by atoms with Gasteiger partial charge in [-0.25, -0.2) is 0 Å². The van der Waals surface area contributed by atoms with Crippen molar-refractivity contribution in [2.75, 3.05) is 19.6 Å². The van der Waals surface area contributed by atoms with Crippen LogP contribution in [0.2, 0.25) is 0 Å². The first-order chi connectivity index (χ1) is 9.18. The lowest BCUT2D eigenvalue weighted by Crippen LogP contribution is -2.31. The Balaban J connectivity index is 1.76. The quantitative estimate of drug-likeness (QED) is 0.872. The minimum absolute atomic E-state index is 0.125. The van der Waals surface area contributed by atoms with E-state index in [9.17, 15) is 4.79 Å². The zero-order chi connectivity index (χ0) is 13.7. The molecule has 1 aliphatic heterocycles. The second-order valence-corrected chi connectivity index (χ2v) is 5.04. The van der Waals surface area contributed by atoms with Gasteiger partial charge in [-0.3, -0.25) is 14.8 Å². The Kier molecular flexibility index (Phi) is 4.85. The van der Waals surface area contributed by atoms with Gasteiger partial charge in [0, 0.05) is 44.5 Å². The molecule has 0 saturated carbocycles. The summed E-state index contributed by atoms with van der Waals surface area (Å²) < 4.78 is 0. The average Bonchev–Trinajstić information content (AvgIpc) is 2.93. The second-order valence-electron chi connectivity index (χ2n) is 5.04. The Morgan fingerprint density at radius 1 is 1.37 bits per heavy atom. The maximum absolute atomic E-state index is 11.9. The van der Waals surface area contributed by atoms with Crippen LogP contribution in [0.4, 0.5) is 0 Å². The summed E-state index contributed by atoms with van der Waals surface area (Å²) in [6.07, 6.45) is 6.25. The highest BCUT2D eigenvalue weighted by Gasteiger charge is 2.17. The van der Waals surface area contributed by atoms with Gasteiger partial charge in [-0.05, 0) is 26.7 Å². The summed E-state index contributed by atoms with van der Waals surface area (Å²) in [7, 11) is 0. The van der Waals surface area contributed by atoms with Gasteiger partial charge >= 0.3 is 0 Å². The van der Waals surface area contributed by atoms with Crippen LogP contribution in [0, 0.1) is 6.92 Å². The lowest BCUT2D eigenvalue weighted by molar-refractivity contribution is -0.130. The lowest BCUT2D eigenvalue weighted by Gasteiger charge is -2.17. The van der Waals surface area contributed by atoms with Crippen LogP contribution in [-0.2, 0) is 4.79 Å². The van der Waals surface area contributed by atoms with Gasteiger partial charge in [-0.2, -0.15) is 0 Å². The van der Waals surface area contributed by atoms with E-state index in [1.165, 1.54) is 0 Å². The van der Waals surface area contributed by atoms with Crippen molar-refractivity contribution in [3.05, 3.63) is 23.8 Å². The van der Waals surface area contributed by atoms with Gasteiger partial charge in [0.05, 0.1) is 11.4 Å². The summed E-state index contributed by atoms with van der Waals surface area (Å²) >= 11 is 0. The molecule has 2 heterocycles. The molecular weight excluding hydrogens is 240 g/mol. The molecule has 1 fully saturated rings. The largest absolute Gasteiger partial charge is 0.343 e. The molecule has 19 heavy (non-hydrogen) atoms. The van der Waals surface area contributed by atoms with Crippen molar-refractivity contribution in [2.45, 2.75) is 39.2 Å². The van der Waals surface area contributed by atoms with Gasteiger partial charge in [0.2, 0.25) is 5.91 Å². The number of rotatable bonds is 5. The number of carbonyl (C=O) groups excluding carboxylic acids is 1. The summed E-state index contributed by atoms with van der Waals surface area (Å²) in [6.45, 7) is 6.55. The highest BCUT2D eigenvalue weighted by Crippen LogP contribution is 2.12. The van der Waals surface area contributed by atoms with E-state index >= 15 is 0 Å². The normalized spacial score (nSPS) is 16.6. The zero-order valence-electron chi connectivity index (χ0n) is 11.7. The van der Waals surface area contributed by atoms with Gasteiger partial charge in [0.15, 0.2) is 0 Å². The SMILES string of the molecule is Cc1nccnc1C(C)NCCC(=O)N1CCCC1. The topological polar surface area (TPSA) is 58.1 Å². The van der Waals surface area contributed by atoms with Crippen molar-refractivity contribution in [1.29, 1.82) is 0 Å². The summed E-state index contributed by atoms with van der Waals surface area (Å²) in [4.78, 5) is 22.4. The predicted octanol–water partition coefficient (Wildman–Crippen LogP) is 1.45. The fourth-order valence-corrected chi connectivity index (χ4v) is 2.46. The Labute approximate surface area is 114 Å². The minimum atomic E-state index is 0.125. The number of carbonyl (C=O) groups is 1. The monoisotopic (exact) mass is 262 g/mol. The third-order valence-corrected chi connectivity index (χ3v) is 3.58. The molecule has 1 saturated heterocycles. The molecule has 1 N–H and O–H groups in total. The van der Waals surface area contributed by atoms with E-state index in [-0.39, 0.29) is 11.9 Å². The van der Waals surface area contributed by atoms with E-state index in [0.717, 1.165) is 37.3 Å². The number of hydrogen-bond acceptors (Lipinski definition) is 4. The fraction of sp³-hybridized carbons (Fsp3) is 0.643. The van der Waals surface area contributed by atoms with Crippen LogP contribution in [-0.4, -0.2) is 40.4 Å². The number of nitrogens with zero attached hydrogens (tertiary/aromatic N) is 3. The van der Waals surface area contributed by atoms with Crippen molar-refractivity contribution in [3.8, 4) is 0 Å². The molecule has 5 heteroatoms. The number of nitrogens with one attached hydrogen (secondary N) is 1. The molecule has 5 nitrogen and oxygen atoms in total. The van der Waals surface area contributed by atoms with E-state index in [1.54, 1.807) is 12.4 Å². The lowest BCUT2D eigenvalue weighted by atomic mass is 10.2. The van der Waals surface area contributed by atoms with Crippen LogP contribution in [0.1, 0.15) is 43.6 Å². The average molecular weight is 262 g/mol. The molecule has 0 spiro atoms. The standard InChI is InChI=1S/C14H22N4O/c1-11(14-12(2)16-7-8-17-14)15-6-5-13(19)18-9-3-4-10-18/h7-8,11,15H,3-6,9-10H2,1-2H3. The molecule has 1 aliphatic rings. The van der Waals surface area contributed by atoms with E-state index in [0.29, 0.717) is 13.0 Å². The zero-order valence-corrected chi connectivity index (χ0v) is 11.7. The van der Waals surface area contributed by atoms with Crippen molar-refractivity contribution in [1.82, 2.24) is 20.2 Å². The van der Waals surface area contributed by atoms with Gasteiger partial charge in [0.25, 0.3) is 0 Å². The van der Waals surface area contributed by atoms with Gasteiger partial charge in [-0.1, -0.05) is 0 Å². The van der Waals surface area contributed by atoms with E-state index in [4.69, 9.17) is 0 Å². The van der Waals surface area contributed by atoms with Crippen LogP contribution in [0.5, 0.6) is 0 Å². The summed E-state index contributed by atoms with van der Waals surface area (Å²) in [6, 6.07) is 0.125. The number of likely N-dealkylation sites (tertiary alicyclic amines) is 1. The highest BCUT2D eigenvalue weighted by atomic mass is 16.2.